The summed E-state index contributed by atoms with van der Waals surface area (Å²) in [6.07, 6.45) is 101. The van der Waals surface area contributed by atoms with E-state index in [-0.39, 0.29) is 18.5 Å². The molecule has 89 heavy (non-hydrogen) atoms. The maximum absolute atomic E-state index is 12.6. The van der Waals surface area contributed by atoms with Crippen LogP contribution in [-0.2, 0) is 14.3 Å². The lowest BCUT2D eigenvalue weighted by Crippen LogP contribution is -2.45. The van der Waals surface area contributed by atoms with Crippen LogP contribution in [0.5, 0.6) is 0 Å². The van der Waals surface area contributed by atoms with Crippen molar-refractivity contribution in [3.05, 3.63) is 24.3 Å². The van der Waals surface area contributed by atoms with Crippen molar-refractivity contribution in [2.24, 2.45) is 0 Å². The monoisotopic (exact) mass is 1250 g/mol. The molecule has 0 spiro atoms. The Hall–Kier alpha value is -1.66. The van der Waals surface area contributed by atoms with Crippen LogP contribution in [0.1, 0.15) is 470 Å². The van der Waals surface area contributed by atoms with E-state index in [1.807, 2.05) is 0 Å². The van der Waals surface area contributed by atoms with E-state index >= 15 is 0 Å². The molecule has 0 heterocycles. The molecule has 0 saturated carbocycles. The summed E-state index contributed by atoms with van der Waals surface area (Å²) in [7, 11) is 0. The van der Waals surface area contributed by atoms with Gasteiger partial charge >= 0.3 is 5.97 Å². The Morgan fingerprint density at radius 3 is 0.865 bits per heavy atom. The molecule has 0 aliphatic rings. The van der Waals surface area contributed by atoms with Crippen molar-refractivity contribution in [1.82, 2.24) is 5.32 Å². The van der Waals surface area contributed by atoms with Crippen LogP contribution in [0.3, 0.4) is 0 Å². The SMILES string of the molecule is CCCCCC/C=C\C/C=C\CCCCCCCC(=O)OCCCCCCCCCCCCCCCCCCCCCCCCCCCCCCCCCCCCCC(=O)NC(CO)C(O)CCCCCCCCCCCCCCCCCCCCCCC. The molecule has 0 rings (SSSR count). The van der Waals surface area contributed by atoms with Gasteiger partial charge in [-0.15, -0.1) is 0 Å². The van der Waals surface area contributed by atoms with Gasteiger partial charge in [0.15, 0.2) is 0 Å². The van der Waals surface area contributed by atoms with E-state index in [0.717, 1.165) is 51.4 Å². The number of rotatable bonds is 78. The molecule has 3 N–H and O–H groups in total. The third-order valence-electron chi connectivity index (χ3n) is 19.5. The zero-order chi connectivity index (χ0) is 64.2. The summed E-state index contributed by atoms with van der Waals surface area (Å²) in [5, 5.41) is 23.5. The van der Waals surface area contributed by atoms with Crippen molar-refractivity contribution in [3.63, 3.8) is 0 Å². The molecule has 2 unspecified atom stereocenters. The lowest BCUT2D eigenvalue weighted by molar-refractivity contribution is -0.143. The minimum absolute atomic E-state index is 0.0101. The van der Waals surface area contributed by atoms with E-state index < -0.39 is 12.1 Å². The predicted molar refractivity (Wildman–Crippen MR) is 393 cm³/mol. The molecule has 528 valence electrons. The standard InChI is InChI=1S/C83H161NO5/c1-3-5-7-9-11-13-15-17-19-21-22-38-41-44-47-51-55-59-63-67-71-75-81(86)80(79-85)84-82(87)76-72-68-64-60-56-52-48-45-42-39-36-34-32-30-28-26-24-23-25-27-29-31-33-35-37-40-43-46-50-54-58-62-66-70-74-78-89-83(88)77-73-69-65-61-57-53-49-20-18-16-14-12-10-8-6-4-2/h14,16,20,49,80-81,85-86H,3-13,15,17-19,21-48,50-79H2,1-2H3,(H,84,87)/b16-14-,49-20-. The molecule has 1 amide bonds. The first-order chi connectivity index (χ1) is 44.0. The number of amides is 1. The van der Waals surface area contributed by atoms with Gasteiger partial charge in [0, 0.05) is 12.8 Å². The number of esters is 1. The predicted octanol–water partition coefficient (Wildman–Crippen LogP) is 27.2. The Labute approximate surface area is 558 Å². The quantitative estimate of drug-likeness (QED) is 0.0320. The molecule has 0 aromatic rings. The number of hydrogen-bond acceptors (Lipinski definition) is 5. The van der Waals surface area contributed by atoms with Crippen LogP contribution in [-0.4, -0.2) is 47.4 Å². The van der Waals surface area contributed by atoms with Crippen molar-refractivity contribution in [1.29, 1.82) is 0 Å². The number of hydrogen-bond donors (Lipinski definition) is 3. The Balaban J connectivity index is 3.31. The van der Waals surface area contributed by atoms with Gasteiger partial charge in [-0.3, -0.25) is 9.59 Å². The van der Waals surface area contributed by atoms with Gasteiger partial charge in [0.05, 0.1) is 25.4 Å². The van der Waals surface area contributed by atoms with E-state index in [4.69, 9.17) is 4.74 Å². The number of carbonyl (C=O) groups is 2. The average Bonchev–Trinajstić information content (AvgIpc) is 3.55. The number of aliphatic hydroxyl groups is 2. The summed E-state index contributed by atoms with van der Waals surface area (Å²) in [5.74, 6) is -0.0141. The molecule has 0 bridgehead atoms. The van der Waals surface area contributed by atoms with Crippen molar-refractivity contribution < 1.29 is 24.5 Å². The smallest absolute Gasteiger partial charge is 0.305 e. The molecule has 2 atom stereocenters. The fraction of sp³-hybridized carbons (Fsp3) is 0.928. The van der Waals surface area contributed by atoms with Gasteiger partial charge in [-0.05, 0) is 57.8 Å². The highest BCUT2D eigenvalue weighted by atomic mass is 16.5. The normalized spacial score (nSPS) is 12.5. The van der Waals surface area contributed by atoms with Crippen LogP contribution in [0.2, 0.25) is 0 Å². The minimum Gasteiger partial charge on any atom is -0.466 e. The van der Waals surface area contributed by atoms with E-state index in [0.29, 0.717) is 25.9 Å². The maximum atomic E-state index is 12.6. The highest BCUT2D eigenvalue weighted by molar-refractivity contribution is 5.76. The Morgan fingerprint density at radius 2 is 0.562 bits per heavy atom. The summed E-state index contributed by atoms with van der Waals surface area (Å²) in [4.78, 5) is 24.7. The van der Waals surface area contributed by atoms with Crippen molar-refractivity contribution in [3.8, 4) is 0 Å². The molecule has 6 nitrogen and oxygen atoms in total. The summed E-state index contributed by atoms with van der Waals surface area (Å²) in [5.41, 5.74) is 0. The summed E-state index contributed by atoms with van der Waals surface area (Å²) < 4.78 is 5.50. The first-order valence-corrected chi connectivity index (χ1v) is 41.1. The summed E-state index contributed by atoms with van der Waals surface area (Å²) >= 11 is 0. The number of ether oxygens (including phenoxy) is 1. The molecular weight excluding hydrogens is 1090 g/mol. The molecule has 0 aromatic carbocycles. The molecule has 0 radical (unpaired) electrons. The van der Waals surface area contributed by atoms with E-state index in [9.17, 15) is 19.8 Å². The van der Waals surface area contributed by atoms with Crippen LogP contribution in [0, 0.1) is 0 Å². The van der Waals surface area contributed by atoms with Gasteiger partial charge in [-0.1, -0.05) is 423 Å². The lowest BCUT2D eigenvalue weighted by Gasteiger charge is -2.22. The van der Waals surface area contributed by atoms with Crippen molar-refractivity contribution in [2.75, 3.05) is 13.2 Å². The second-order valence-electron chi connectivity index (χ2n) is 28.5. The molecule has 0 aromatic heterocycles. The van der Waals surface area contributed by atoms with Gasteiger partial charge in [0.1, 0.15) is 0 Å². The van der Waals surface area contributed by atoms with Crippen LogP contribution >= 0.6 is 0 Å². The second-order valence-corrected chi connectivity index (χ2v) is 28.5. The van der Waals surface area contributed by atoms with E-state index in [1.54, 1.807) is 0 Å². The largest absolute Gasteiger partial charge is 0.466 e. The Morgan fingerprint density at radius 1 is 0.315 bits per heavy atom. The van der Waals surface area contributed by atoms with Gasteiger partial charge in [0.25, 0.3) is 0 Å². The highest BCUT2D eigenvalue weighted by Crippen LogP contribution is 2.21. The van der Waals surface area contributed by atoms with Crippen LogP contribution in [0.4, 0.5) is 0 Å². The number of nitrogens with one attached hydrogen (secondary N) is 1. The molecule has 6 heteroatoms. The van der Waals surface area contributed by atoms with Crippen molar-refractivity contribution in [2.45, 2.75) is 482 Å². The molecule has 0 fully saturated rings. The van der Waals surface area contributed by atoms with Crippen LogP contribution in [0.25, 0.3) is 0 Å². The van der Waals surface area contributed by atoms with Gasteiger partial charge < -0.3 is 20.3 Å². The lowest BCUT2D eigenvalue weighted by atomic mass is 10.0. The van der Waals surface area contributed by atoms with Crippen molar-refractivity contribution >= 4 is 11.9 Å². The number of unbranched alkanes of at least 4 members (excludes halogenated alkanes) is 63. The molecule has 0 saturated heterocycles. The van der Waals surface area contributed by atoms with Crippen LogP contribution < -0.4 is 5.32 Å². The summed E-state index contributed by atoms with van der Waals surface area (Å²) in [6.45, 7) is 4.99. The molecular formula is C83H161NO5. The highest BCUT2D eigenvalue weighted by Gasteiger charge is 2.20. The third kappa shape index (κ3) is 75.3. The fourth-order valence-electron chi connectivity index (χ4n) is 13.3. The maximum Gasteiger partial charge on any atom is 0.305 e. The Bertz CT molecular complexity index is 1400. The Kier molecular flexibility index (Phi) is 77.3. The average molecular weight is 1250 g/mol. The van der Waals surface area contributed by atoms with E-state index in [2.05, 4.69) is 43.5 Å². The van der Waals surface area contributed by atoms with Gasteiger partial charge in [0.2, 0.25) is 5.91 Å². The number of aliphatic hydroxyl groups excluding tert-OH is 2. The molecule has 0 aliphatic carbocycles. The fourth-order valence-corrected chi connectivity index (χ4v) is 13.3. The molecule has 0 aliphatic heterocycles. The first kappa shape index (κ1) is 87.3. The summed E-state index contributed by atoms with van der Waals surface area (Å²) in [6, 6.07) is -0.538. The minimum atomic E-state index is -0.661. The second kappa shape index (κ2) is 78.8. The zero-order valence-corrected chi connectivity index (χ0v) is 60.7. The number of allylic oxidation sites excluding steroid dienone is 4. The first-order valence-electron chi connectivity index (χ1n) is 41.1. The van der Waals surface area contributed by atoms with Gasteiger partial charge in [-0.25, -0.2) is 0 Å². The van der Waals surface area contributed by atoms with E-state index in [1.165, 1.54) is 385 Å². The topological polar surface area (TPSA) is 95.9 Å². The van der Waals surface area contributed by atoms with Gasteiger partial charge in [-0.2, -0.15) is 0 Å². The van der Waals surface area contributed by atoms with Crippen LogP contribution in [0.15, 0.2) is 24.3 Å². The zero-order valence-electron chi connectivity index (χ0n) is 60.7. The third-order valence-corrected chi connectivity index (χ3v) is 19.5. The number of carbonyl (C=O) groups excluding carboxylic acids is 2.